The molecule has 0 bridgehead atoms. The van der Waals surface area contributed by atoms with Crippen LogP contribution in [0, 0.1) is 0 Å². The zero-order valence-corrected chi connectivity index (χ0v) is 9.89. The van der Waals surface area contributed by atoms with E-state index < -0.39 is 0 Å². The first kappa shape index (κ1) is 10.5. The van der Waals surface area contributed by atoms with Gasteiger partial charge >= 0.3 is 0 Å². The normalized spacial score (nSPS) is 10.0. The monoisotopic (exact) mass is 236 g/mol. The Hall–Kier alpha value is -1.04. The molecule has 0 fully saturated rings. The van der Waals surface area contributed by atoms with Gasteiger partial charge in [0.25, 0.3) is 0 Å². The van der Waals surface area contributed by atoms with Crippen molar-refractivity contribution in [1.82, 2.24) is 0 Å². The lowest BCUT2D eigenvalue weighted by molar-refractivity contribution is 0.483. The summed E-state index contributed by atoms with van der Waals surface area (Å²) < 4.78 is 5.62. The van der Waals surface area contributed by atoms with E-state index in [0.29, 0.717) is 5.02 Å². The molecule has 2 aromatic rings. The molecule has 0 amide bonds. The summed E-state index contributed by atoms with van der Waals surface area (Å²) in [5.74, 6) is 1.61. The highest BCUT2D eigenvalue weighted by Crippen LogP contribution is 2.22. The van der Waals surface area contributed by atoms with E-state index in [1.165, 1.54) is 0 Å². The van der Waals surface area contributed by atoms with E-state index >= 15 is 0 Å². The van der Waals surface area contributed by atoms with Gasteiger partial charge in [-0.25, -0.2) is 0 Å². The minimum atomic E-state index is 0.711. The van der Waals surface area contributed by atoms with Crippen LogP contribution < -0.4 is 10.0 Å². The Morgan fingerprint density at radius 1 is 0.800 bits per heavy atom. The zero-order valence-electron chi connectivity index (χ0n) is 7.98. The molecular weight excluding hydrogens is 227 g/mol. The smallest absolute Gasteiger partial charge is 0.127 e. The van der Waals surface area contributed by atoms with Gasteiger partial charge in [0.05, 0.1) is 0 Å². The van der Waals surface area contributed by atoms with Crippen molar-refractivity contribution in [3.05, 3.63) is 53.6 Å². The molecule has 0 aromatic heterocycles. The van der Waals surface area contributed by atoms with Gasteiger partial charge < -0.3 is 4.74 Å². The Morgan fingerprint density at radius 2 is 1.27 bits per heavy atom. The molecule has 0 radical (unpaired) electrons. The van der Waals surface area contributed by atoms with Crippen molar-refractivity contribution in [1.29, 1.82) is 0 Å². The number of rotatable bonds is 2. The highest BCUT2D eigenvalue weighted by molar-refractivity contribution is 7.27. The predicted octanol–water partition coefficient (Wildman–Crippen LogP) is 3.63. The molecule has 0 saturated heterocycles. The Kier molecular flexibility index (Phi) is 3.25. The molecule has 2 aromatic carbocycles. The first-order chi connectivity index (χ1) is 7.24. The number of halogens is 1. The largest absolute Gasteiger partial charge is 0.457 e. The lowest BCUT2D eigenvalue weighted by atomic mass is 10.3. The minimum Gasteiger partial charge on any atom is -0.457 e. The van der Waals surface area contributed by atoms with Crippen LogP contribution in [0.25, 0.3) is 0 Å². The lowest BCUT2D eigenvalue weighted by Crippen LogP contribution is -1.89. The summed E-state index contributed by atoms with van der Waals surface area (Å²) in [5, 5.41) is 1.85. The molecule has 15 heavy (non-hydrogen) atoms. The number of ether oxygens (including phenoxy) is 1. The molecular formula is C12H10ClOP. The van der Waals surface area contributed by atoms with Crippen LogP contribution in [0.1, 0.15) is 0 Å². The Labute approximate surface area is 96.2 Å². The highest BCUT2D eigenvalue weighted by Gasteiger charge is 1.96. The van der Waals surface area contributed by atoms with Crippen molar-refractivity contribution in [2.75, 3.05) is 0 Å². The molecule has 1 nitrogen and oxygen atoms in total. The Bertz CT molecular complexity index is 393. The van der Waals surface area contributed by atoms with E-state index in [4.69, 9.17) is 16.3 Å². The van der Waals surface area contributed by atoms with Crippen LogP contribution in [0.15, 0.2) is 48.5 Å². The summed E-state index contributed by atoms with van der Waals surface area (Å²) in [7, 11) is 2.63. The van der Waals surface area contributed by atoms with Gasteiger partial charge in [0, 0.05) is 5.02 Å². The van der Waals surface area contributed by atoms with E-state index in [9.17, 15) is 0 Å². The number of hydrogen-bond acceptors (Lipinski definition) is 1. The minimum absolute atomic E-state index is 0.711. The van der Waals surface area contributed by atoms with Crippen LogP contribution in [0.4, 0.5) is 0 Å². The summed E-state index contributed by atoms with van der Waals surface area (Å²) in [6.07, 6.45) is 0. The van der Waals surface area contributed by atoms with Crippen molar-refractivity contribution in [3.8, 4) is 11.5 Å². The van der Waals surface area contributed by atoms with Crippen molar-refractivity contribution in [3.63, 3.8) is 0 Å². The average Bonchev–Trinajstić information content (AvgIpc) is 2.25. The second-order valence-electron chi connectivity index (χ2n) is 3.13. The SMILES string of the molecule is Pc1ccc(Oc2ccc(Cl)cc2)cc1. The number of benzene rings is 2. The predicted molar refractivity (Wildman–Crippen MR) is 67.3 cm³/mol. The van der Waals surface area contributed by atoms with Crippen molar-refractivity contribution in [2.45, 2.75) is 0 Å². The fourth-order valence-electron chi connectivity index (χ4n) is 1.17. The molecule has 1 atom stereocenters. The fourth-order valence-corrected chi connectivity index (χ4v) is 1.49. The molecule has 1 unspecified atom stereocenters. The third-order valence-electron chi connectivity index (χ3n) is 1.93. The third-order valence-corrected chi connectivity index (χ3v) is 2.57. The molecule has 3 heteroatoms. The highest BCUT2D eigenvalue weighted by atomic mass is 35.5. The molecule has 0 heterocycles. The zero-order chi connectivity index (χ0) is 10.7. The quantitative estimate of drug-likeness (QED) is 0.724. The summed E-state index contributed by atoms with van der Waals surface area (Å²) in [6.45, 7) is 0. The lowest BCUT2D eigenvalue weighted by Gasteiger charge is -2.05. The van der Waals surface area contributed by atoms with Gasteiger partial charge in [-0.3, -0.25) is 0 Å². The second kappa shape index (κ2) is 4.65. The van der Waals surface area contributed by atoms with E-state index in [1.54, 1.807) is 12.1 Å². The van der Waals surface area contributed by atoms with Gasteiger partial charge in [0.2, 0.25) is 0 Å². The summed E-state index contributed by atoms with van der Waals surface area (Å²) in [4.78, 5) is 0. The Balaban J connectivity index is 2.15. The van der Waals surface area contributed by atoms with Gasteiger partial charge in [0.1, 0.15) is 11.5 Å². The molecule has 0 aliphatic carbocycles. The first-order valence-electron chi connectivity index (χ1n) is 4.53. The van der Waals surface area contributed by atoms with Crippen LogP contribution in [0.2, 0.25) is 5.02 Å². The van der Waals surface area contributed by atoms with E-state index in [-0.39, 0.29) is 0 Å². The molecule has 0 aliphatic rings. The van der Waals surface area contributed by atoms with Gasteiger partial charge in [-0.1, -0.05) is 23.7 Å². The first-order valence-corrected chi connectivity index (χ1v) is 5.48. The molecule has 76 valence electrons. The maximum Gasteiger partial charge on any atom is 0.127 e. The standard InChI is InChI=1S/C12H10ClOP/c13-9-1-3-10(4-2-9)14-11-5-7-12(15)8-6-11/h1-8H,15H2. The number of hydrogen-bond donors (Lipinski definition) is 0. The average molecular weight is 237 g/mol. The van der Waals surface area contributed by atoms with E-state index in [0.717, 1.165) is 16.8 Å². The van der Waals surface area contributed by atoms with Gasteiger partial charge in [-0.2, -0.15) is 0 Å². The topological polar surface area (TPSA) is 9.23 Å². The van der Waals surface area contributed by atoms with Crippen LogP contribution in [-0.4, -0.2) is 0 Å². The van der Waals surface area contributed by atoms with Crippen LogP contribution in [0.5, 0.6) is 11.5 Å². The van der Waals surface area contributed by atoms with E-state index in [2.05, 4.69) is 9.24 Å². The molecule has 2 rings (SSSR count). The maximum atomic E-state index is 5.78. The van der Waals surface area contributed by atoms with Crippen LogP contribution >= 0.6 is 20.8 Å². The van der Waals surface area contributed by atoms with Gasteiger partial charge in [0.15, 0.2) is 0 Å². The van der Waals surface area contributed by atoms with Crippen molar-refractivity contribution >= 4 is 26.1 Å². The van der Waals surface area contributed by atoms with Gasteiger partial charge in [-0.05, 0) is 41.7 Å². The van der Waals surface area contributed by atoms with E-state index in [1.807, 2.05) is 36.4 Å². The summed E-state index contributed by atoms with van der Waals surface area (Å²) in [5.41, 5.74) is 0. The molecule has 0 aliphatic heterocycles. The molecule has 0 N–H and O–H groups in total. The van der Waals surface area contributed by atoms with Crippen LogP contribution in [0.3, 0.4) is 0 Å². The van der Waals surface area contributed by atoms with Gasteiger partial charge in [-0.15, -0.1) is 9.24 Å². The summed E-state index contributed by atoms with van der Waals surface area (Å²) >= 11 is 5.78. The second-order valence-corrected chi connectivity index (χ2v) is 4.23. The Morgan fingerprint density at radius 3 is 1.80 bits per heavy atom. The van der Waals surface area contributed by atoms with Crippen LogP contribution in [-0.2, 0) is 0 Å². The third kappa shape index (κ3) is 2.95. The molecule has 0 spiro atoms. The van der Waals surface area contributed by atoms with Crippen molar-refractivity contribution in [2.24, 2.45) is 0 Å². The summed E-state index contributed by atoms with van der Waals surface area (Å²) in [6, 6.07) is 15.1. The maximum absolute atomic E-state index is 5.78. The molecule has 0 saturated carbocycles. The fraction of sp³-hybridized carbons (Fsp3) is 0. The van der Waals surface area contributed by atoms with Crippen molar-refractivity contribution < 1.29 is 4.74 Å².